The number of carbonyl (C=O) groups excluding carboxylic acids is 1. The standard InChI is InChI=1S/C16H17N5OS/c1-3-11-6-4-5-10(2)13(11)21-12(22)7-23-16-14-15(18-8-17-14)19-9-20-16/h4-6,8-9H,3,7H2,1-2H3,(H,21,22)(H,17,18,19,20). The van der Waals surface area contributed by atoms with Gasteiger partial charge in [0.25, 0.3) is 0 Å². The van der Waals surface area contributed by atoms with E-state index in [4.69, 9.17) is 0 Å². The number of thioether (sulfide) groups is 1. The molecule has 0 aliphatic rings. The minimum absolute atomic E-state index is 0.0507. The molecule has 23 heavy (non-hydrogen) atoms. The molecule has 1 amide bonds. The lowest BCUT2D eigenvalue weighted by Crippen LogP contribution is -2.16. The van der Waals surface area contributed by atoms with Gasteiger partial charge in [0.05, 0.1) is 12.1 Å². The zero-order chi connectivity index (χ0) is 16.2. The van der Waals surface area contributed by atoms with E-state index >= 15 is 0 Å². The van der Waals surface area contributed by atoms with Crippen molar-refractivity contribution in [3.63, 3.8) is 0 Å². The first-order valence-electron chi connectivity index (χ1n) is 7.34. The molecule has 0 spiro atoms. The normalized spacial score (nSPS) is 10.9. The van der Waals surface area contributed by atoms with E-state index in [0.29, 0.717) is 5.65 Å². The molecule has 0 aliphatic heterocycles. The molecule has 2 N–H and O–H groups in total. The first kappa shape index (κ1) is 15.5. The maximum absolute atomic E-state index is 12.3. The van der Waals surface area contributed by atoms with Crippen LogP contribution in [0.5, 0.6) is 0 Å². The zero-order valence-corrected chi connectivity index (χ0v) is 13.8. The van der Waals surface area contributed by atoms with E-state index in [0.717, 1.165) is 33.8 Å². The summed E-state index contributed by atoms with van der Waals surface area (Å²) in [5, 5.41) is 3.74. The molecular formula is C16H17N5OS. The van der Waals surface area contributed by atoms with Gasteiger partial charge in [-0.1, -0.05) is 36.9 Å². The van der Waals surface area contributed by atoms with Crippen LogP contribution in [0, 0.1) is 6.92 Å². The Morgan fingerprint density at radius 1 is 1.30 bits per heavy atom. The van der Waals surface area contributed by atoms with E-state index in [1.807, 2.05) is 25.1 Å². The molecule has 2 aromatic heterocycles. The molecule has 0 bridgehead atoms. The Hall–Kier alpha value is -2.41. The van der Waals surface area contributed by atoms with Crippen LogP contribution >= 0.6 is 11.8 Å². The number of carbonyl (C=O) groups is 1. The lowest BCUT2D eigenvalue weighted by molar-refractivity contribution is -0.113. The number of rotatable bonds is 5. The highest BCUT2D eigenvalue weighted by Crippen LogP contribution is 2.24. The number of hydrogen-bond acceptors (Lipinski definition) is 5. The summed E-state index contributed by atoms with van der Waals surface area (Å²) in [7, 11) is 0. The van der Waals surface area contributed by atoms with Crippen molar-refractivity contribution in [1.82, 2.24) is 19.9 Å². The predicted molar refractivity (Wildman–Crippen MR) is 91.6 cm³/mol. The maximum atomic E-state index is 12.3. The van der Waals surface area contributed by atoms with Gasteiger partial charge in [0.15, 0.2) is 5.65 Å². The van der Waals surface area contributed by atoms with Crippen molar-refractivity contribution in [2.24, 2.45) is 0 Å². The van der Waals surface area contributed by atoms with E-state index in [2.05, 4.69) is 32.2 Å². The van der Waals surface area contributed by atoms with Crippen molar-refractivity contribution in [2.75, 3.05) is 11.1 Å². The number of aromatic nitrogens is 4. The highest BCUT2D eigenvalue weighted by molar-refractivity contribution is 8.00. The number of nitrogens with one attached hydrogen (secondary N) is 2. The molecule has 0 saturated carbocycles. The van der Waals surface area contributed by atoms with E-state index in [9.17, 15) is 4.79 Å². The number of benzene rings is 1. The van der Waals surface area contributed by atoms with E-state index in [-0.39, 0.29) is 11.7 Å². The fourth-order valence-electron chi connectivity index (χ4n) is 2.36. The first-order chi connectivity index (χ1) is 11.2. The van der Waals surface area contributed by atoms with Gasteiger partial charge < -0.3 is 10.3 Å². The van der Waals surface area contributed by atoms with Crippen LogP contribution in [0.2, 0.25) is 0 Å². The molecule has 0 fully saturated rings. The number of fused-ring (bicyclic) bond motifs is 1. The Morgan fingerprint density at radius 3 is 3.00 bits per heavy atom. The van der Waals surface area contributed by atoms with Gasteiger partial charge in [-0.05, 0) is 24.5 Å². The van der Waals surface area contributed by atoms with Gasteiger partial charge in [0.2, 0.25) is 5.91 Å². The minimum Gasteiger partial charge on any atom is -0.341 e. The molecule has 7 heteroatoms. The largest absolute Gasteiger partial charge is 0.341 e. The Balaban J connectivity index is 1.70. The van der Waals surface area contributed by atoms with Crippen LogP contribution in [0.4, 0.5) is 5.69 Å². The third kappa shape index (κ3) is 3.34. The monoisotopic (exact) mass is 327 g/mol. The second-order valence-corrected chi connectivity index (χ2v) is 6.04. The van der Waals surface area contributed by atoms with Gasteiger partial charge in [0, 0.05) is 5.69 Å². The van der Waals surface area contributed by atoms with Crippen LogP contribution in [-0.4, -0.2) is 31.6 Å². The van der Waals surface area contributed by atoms with E-state index in [1.54, 1.807) is 6.33 Å². The number of imidazole rings is 1. The van der Waals surface area contributed by atoms with Gasteiger partial charge in [-0.15, -0.1) is 0 Å². The third-order valence-corrected chi connectivity index (χ3v) is 4.52. The van der Waals surface area contributed by atoms with E-state index in [1.165, 1.54) is 18.1 Å². The summed E-state index contributed by atoms with van der Waals surface area (Å²) < 4.78 is 0. The number of aromatic amines is 1. The quantitative estimate of drug-likeness (QED) is 0.556. The second-order valence-electron chi connectivity index (χ2n) is 5.08. The summed E-state index contributed by atoms with van der Waals surface area (Å²) in [5.41, 5.74) is 4.49. The summed E-state index contributed by atoms with van der Waals surface area (Å²) in [5.74, 6) is 0.230. The van der Waals surface area contributed by atoms with Crippen LogP contribution in [0.25, 0.3) is 11.2 Å². The lowest BCUT2D eigenvalue weighted by atomic mass is 10.1. The summed E-state index contributed by atoms with van der Waals surface area (Å²) in [6.45, 7) is 4.08. The molecule has 3 aromatic rings. The summed E-state index contributed by atoms with van der Waals surface area (Å²) in [6, 6.07) is 6.04. The van der Waals surface area contributed by atoms with Crippen molar-refractivity contribution in [1.29, 1.82) is 0 Å². The van der Waals surface area contributed by atoms with Crippen LogP contribution in [0.3, 0.4) is 0 Å². The van der Waals surface area contributed by atoms with E-state index < -0.39 is 0 Å². The van der Waals surface area contributed by atoms with Gasteiger partial charge in [-0.3, -0.25) is 4.79 Å². The Labute approximate surface area is 138 Å². The first-order valence-corrected chi connectivity index (χ1v) is 8.32. The molecule has 118 valence electrons. The zero-order valence-electron chi connectivity index (χ0n) is 13.0. The molecule has 6 nitrogen and oxygen atoms in total. The fraction of sp³-hybridized carbons (Fsp3) is 0.250. The molecule has 0 aliphatic carbocycles. The molecule has 0 atom stereocenters. The van der Waals surface area contributed by atoms with Crippen LogP contribution in [0.15, 0.2) is 35.9 Å². The van der Waals surface area contributed by atoms with Crippen molar-refractivity contribution >= 4 is 34.5 Å². The van der Waals surface area contributed by atoms with Crippen LogP contribution in [0.1, 0.15) is 18.1 Å². The van der Waals surface area contributed by atoms with Gasteiger partial charge in [-0.25, -0.2) is 15.0 Å². The topological polar surface area (TPSA) is 83.6 Å². The molecule has 0 unspecified atom stereocenters. The number of hydrogen-bond donors (Lipinski definition) is 2. The van der Waals surface area contributed by atoms with Crippen LogP contribution < -0.4 is 5.32 Å². The number of amides is 1. The van der Waals surface area contributed by atoms with Crippen molar-refractivity contribution in [3.05, 3.63) is 42.0 Å². The SMILES string of the molecule is CCc1cccc(C)c1NC(=O)CSc1ncnc2nc[nH]c12. The minimum atomic E-state index is -0.0507. The third-order valence-electron chi connectivity index (χ3n) is 3.53. The molecule has 3 rings (SSSR count). The average molecular weight is 327 g/mol. The fourth-order valence-corrected chi connectivity index (χ4v) is 3.12. The number of para-hydroxylation sites is 1. The number of nitrogens with zero attached hydrogens (tertiary/aromatic N) is 3. The Kier molecular flexibility index (Phi) is 4.57. The van der Waals surface area contributed by atoms with Gasteiger partial charge in [-0.2, -0.15) is 0 Å². The molecular weight excluding hydrogens is 310 g/mol. The van der Waals surface area contributed by atoms with Gasteiger partial charge in [0.1, 0.15) is 16.9 Å². The smallest absolute Gasteiger partial charge is 0.234 e. The van der Waals surface area contributed by atoms with Crippen LogP contribution in [-0.2, 0) is 11.2 Å². The highest BCUT2D eigenvalue weighted by Gasteiger charge is 2.12. The highest BCUT2D eigenvalue weighted by atomic mass is 32.2. The predicted octanol–water partition coefficient (Wildman–Crippen LogP) is 2.95. The molecule has 2 heterocycles. The summed E-state index contributed by atoms with van der Waals surface area (Å²) in [6.07, 6.45) is 3.91. The average Bonchev–Trinajstić information content (AvgIpc) is 3.04. The summed E-state index contributed by atoms with van der Waals surface area (Å²) >= 11 is 1.37. The van der Waals surface area contributed by atoms with Crippen molar-refractivity contribution in [3.8, 4) is 0 Å². The van der Waals surface area contributed by atoms with Crippen molar-refractivity contribution in [2.45, 2.75) is 25.3 Å². The molecule has 1 aromatic carbocycles. The lowest BCUT2D eigenvalue weighted by Gasteiger charge is -2.12. The van der Waals surface area contributed by atoms with Gasteiger partial charge >= 0.3 is 0 Å². The number of H-pyrrole nitrogens is 1. The maximum Gasteiger partial charge on any atom is 0.234 e. The Bertz CT molecular complexity index is 845. The molecule has 0 radical (unpaired) electrons. The summed E-state index contributed by atoms with van der Waals surface area (Å²) in [4.78, 5) is 27.6. The molecule has 0 saturated heterocycles. The number of aryl methyl sites for hydroxylation is 2. The van der Waals surface area contributed by atoms with Crippen molar-refractivity contribution < 1.29 is 4.79 Å². The second kappa shape index (κ2) is 6.78. The number of anilines is 1. The Morgan fingerprint density at radius 2 is 2.17 bits per heavy atom.